The highest BCUT2D eigenvalue weighted by atomic mass is 16.3. The Morgan fingerprint density at radius 3 is 1.69 bits per heavy atom. The molecular formula is C59H93N13O16. The summed E-state index contributed by atoms with van der Waals surface area (Å²) in [5.41, 5.74) is 5.39. The van der Waals surface area contributed by atoms with Gasteiger partial charge in [0.1, 0.15) is 53.4 Å². The molecule has 0 saturated heterocycles. The van der Waals surface area contributed by atoms with Crippen molar-refractivity contribution in [3.63, 3.8) is 0 Å². The second-order valence-electron chi connectivity index (χ2n) is 21.4. The summed E-state index contributed by atoms with van der Waals surface area (Å²) in [5.74, 6) is -10.7. The number of unbranched alkanes of at least 4 members (excludes halogenated alkanes) is 8. The highest BCUT2D eigenvalue weighted by Crippen LogP contribution is 2.15. The number of H-pyrrole nitrogens is 1. The van der Waals surface area contributed by atoms with Gasteiger partial charge >= 0.3 is 0 Å². The molecule has 1 heterocycles. The first kappa shape index (κ1) is 75.8. The average Bonchev–Trinajstić information content (AvgIpc) is 1.90. The van der Waals surface area contributed by atoms with Crippen molar-refractivity contribution < 1.29 is 78.3 Å². The van der Waals surface area contributed by atoms with Gasteiger partial charge in [-0.25, -0.2) is 4.98 Å². The van der Waals surface area contributed by atoms with Crippen molar-refractivity contribution in [2.75, 3.05) is 20.1 Å². The van der Waals surface area contributed by atoms with Gasteiger partial charge in [0.05, 0.1) is 43.7 Å². The van der Waals surface area contributed by atoms with E-state index in [1.54, 1.807) is 6.92 Å². The number of allylic oxidation sites excluding steroid dienone is 2. The van der Waals surface area contributed by atoms with Crippen LogP contribution in [0.25, 0.3) is 0 Å². The van der Waals surface area contributed by atoms with Crippen LogP contribution in [0.1, 0.15) is 143 Å². The average molecular weight is 1240 g/mol. The molecule has 17 N–H and O–H groups in total. The van der Waals surface area contributed by atoms with Crippen LogP contribution in [0, 0.1) is 0 Å². The van der Waals surface area contributed by atoms with Crippen LogP contribution < -0.4 is 53.6 Å². The number of aliphatic hydroxyl groups excluding tert-OH is 4. The number of aromatic nitrogens is 2. The lowest BCUT2D eigenvalue weighted by molar-refractivity contribution is -0.144. The van der Waals surface area contributed by atoms with E-state index in [4.69, 9.17) is 5.73 Å². The monoisotopic (exact) mass is 1240 g/mol. The second kappa shape index (κ2) is 40.2. The largest absolute Gasteiger partial charge is 0.508 e. The number of nitrogens with two attached hydrogens (primary N) is 1. The van der Waals surface area contributed by atoms with E-state index in [-0.39, 0.29) is 37.3 Å². The number of likely N-dealkylation sites (N-methyl/N-ethyl adjacent to an activating group) is 2. The SMILES string of the molecule is C/C=C(/NC(=O)C[C@H](O)CCCCCCCCCCC)C(=O)N[C@H](C(=O)N[C@@H](C(=O)N[C@H](Cc1ccc(O)cc1)C(=O)N/C(=C/C)C(=O)N[C@H](CCC(N)=O)C(=O)NCC(=O)N(C)[C@H](C(=O)N[C@@H](Cc1cnc[nH]1)C(=O)NCC)C(C)O)[C@@H](C)O)[C@@H](C)O. The molecular weight excluding hydrogens is 1150 g/mol. The van der Waals surface area contributed by atoms with Gasteiger partial charge in [-0.2, -0.15) is 0 Å². The summed E-state index contributed by atoms with van der Waals surface area (Å²) in [6.07, 6.45) is 7.82. The Balaban J connectivity index is 2.24. The molecule has 0 aliphatic rings. The Labute approximate surface area is 513 Å². The minimum absolute atomic E-state index is 0.0210. The fourth-order valence-corrected chi connectivity index (χ4v) is 9.01. The molecule has 490 valence electrons. The van der Waals surface area contributed by atoms with Gasteiger partial charge in [0.25, 0.3) is 11.8 Å². The number of benzene rings is 1. The first-order valence-electron chi connectivity index (χ1n) is 29.7. The van der Waals surface area contributed by atoms with E-state index in [0.717, 1.165) is 50.5 Å². The number of phenols is 1. The van der Waals surface area contributed by atoms with Gasteiger partial charge in [0, 0.05) is 44.7 Å². The molecule has 1 aromatic carbocycles. The van der Waals surface area contributed by atoms with Gasteiger partial charge in [0.15, 0.2) is 0 Å². The maximum atomic E-state index is 14.2. The molecule has 0 radical (unpaired) electrons. The summed E-state index contributed by atoms with van der Waals surface area (Å²) in [4.78, 5) is 155. The number of aromatic hydroxyl groups is 1. The minimum Gasteiger partial charge on any atom is -0.508 e. The van der Waals surface area contributed by atoms with Gasteiger partial charge in [-0.15, -0.1) is 0 Å². The number of aromatic amines is 1. The van der Waals surface area contributed by atoms with Crippen LogP contribution in [-0.2, 0) is 65.6 Å². The summed E-state index contributed by atoms with van der Waals surface area (Å²) in [5, 5.41) is 74.3. The van der Waals surface area contributed by atoms with Crippen molar-refractivity contribution >= 4 is 65.0 Å². The summed E-state index contributed by atoms with van der Waals surface area (Å²) in [6, 6.07) is -4.27. The Morgan fingerprint density at radius 1 is 0.614 bits per heavy atom. The topological polar surface area (TPSA) is 455 Å². The van der Waals surface area contributed by atoms with Gasteiger partial charge < -0.3 is 89.0 Å². The highest BCUT2D eigenvalue weighted by Gasteiger charge is 2.37. The number of rotatable bonds is 41. The van der Waals surface area contributed by atoms with Crippen LogP contribution in [0.3, 0.4) is 0 Å². The molecule has 0 aliphatic heterocycles. The number of nitrogens with zero attached hydrogens (tertiary/aromatic N) is 2. The Bertz CT molecular complexity index is 2670. The number of phenolic OH excluding ortho intramolecular Hbond substituents is 1. The van der Waals surface area contributed by atoms with E-state index in [0.29, 0.717) is 24.1 Å². The van der Waals surface area contributed by atoms with Crippen LogP contribution in [0.5, 0.6) is 5.75 Å². The number of imidazole rings is 1. The standard InChI is InChI=1S/C59H93N13O16/c1-9-13-14-15-16-17-18-19-20-21-40(77)30-47(79)65-41(10-2)55(84)70-50(35(6)74)58(87)71-49(34(5)73)57(86)68-44(28-37-22-24-39(76)25-23-37)56(85)66-42(11-3)54(83)67-43(26-27-46(60)78)52(81)63-32-48(80)72(8)51(36(7)75)59(88)69-45(53(82)62-12-4)29-38-31-61-33-64-38/h10-11,22-25,31,33-36,40,43-45,49-51,73-77H,9,12-21,26-30,32H2,1-8H3,(H2,60,78)(H,61,64)(H,62,82)(H,63,81)(H,65,79)(H,66,85)(H,67,83)(H,68,86)(H,69,88)(H,70,84)(H,71,87)/b41-10+,42-11+/t34-,35-,36?,40-,43-,44-,45+,49-,50+,51+/m1/s1. The molecule has 10 atom stereocenters. The molecule has 1 aromatic heterocycles. The normalized spacial score (nSPS) is 15.0. The summed E-state index contributed by atoms with van der Waals surface area (Å²) < 4.78 is 0. The third kappa shape index (κ3) is 27.6. The lowest BCUT2D eigenvalue weighted by atomic mass is 10.0. The van der Waals surface area contributed by atoms with Crippen LogP contribution in [0.4, 0.5) is 0 Å². The number of carbonyl (C=O) groups is 11. The number of aliphatic hydroxyl groups is 4. The quantitative estimate of drug-likeness (QED) is 0.0267. The van der Waals surface area contributed by atoms with Crippen LogP contribution in [-0.4, -0.2) is 186 Å². The first-order valence-corrected chi connectivity index (χ1v) is 29.7. The molecule has 29 nitrogen and oxygen atoms in total. The number of carbonyl (C=O) groups excluding carboxylic acids is 11. The Kier molecular flexibility index (Phi) is 34.7. The van der Waals surface area contributed by atoms with E-state index in [9.17, 15) is 78.3 Å². The molecule has 0 saturated carbocycles. The number of primary amides is 1. The summed E-state index contributed by atoms with van der Waals surface area (Å²) in [6.45, 7) is 9.50. The molecule has 0 fully saturated rings. The van der Waals surface area contributed by atoms with Crippen molar-refractivity contribution in [2.24, 2.45) is 5.73 Å². The molecule has 1 unspecified atom stereocenters. The third-order valence-corrected chi connectivity index (χ3v) is 14.0. The number of nitrogens with one attached hydrogen (secondary N) is 10. The minimum atomic E-state index is -1.88. The number of hydrogen-bond donors (Lipinski definition) is 16. The zero-order chi connectivity index (χ0) is 66.0. The van der Waals surface area contributed by atoms with Crippen molar-refractivity contribution in [3.8, 4) is 5.75 Å². The molecule has 29 heteroatoms. The first-order chi connectivity index (χ1) is 41.7. The highest BCUT2D eigenvalue weighted by molar-refractivity contribution is 6.03. The molecule has 11 amide bonds. The molecule has 2 aromatic rings. The molecule has 2 rings (SSSR count). The predicted molar refractivity (Wildman–Crippen MR) is 322 cm³/mol. The van der Waals surface area contributed by atoms with E-state index in [1.807, 2.05) is 0 Å². The maximum Gasteiger partial charge on any atom is 0.268 e. The van der Waals surface area contributed by atoms with E-state index in [2.05, 4.69) is 64.7 Å². The Hall–Kier alpha value is -8.28. The fraction of sp³-hybridized carbons (Fsp3) is 0.593. The van der Waals surface area contributed by atoms with Gasteiger partial charge in [-0.05, 0) is 72.1 Å². The molecule has 88 heavy (non-hydrogen) atoms. The summed E-state index contributed by atoms with van der Waals surface area (Å²) >= 11 is 0. The van der Waals surface area contributed by atoms with E-state index < -0.39 is 151 Å². The molecule has 0 spiro atoms. The Morgan fingerprint density at radius 2 is 1.15 bits per heavy atom. The fourth-order valence-electron chi connectivity index (χ4n) is 9.01. The zero-order valence-electron chi connectivity index (χ0n) is 51.6. The van der Waals surface area contributed by atoms with Gasteiger partial charge in [-0.3, -0.25) is 52.7 Å². The van der Waals surface area contributed by atoms with Crippen molar-refractivity contribution in [3.05, 3.63) is 71.6 Å². The smallest absolute Gasteiger partial charge is 0.268 e. The zero-order valence-corrected chi connectivity index (χ0v) is 51.6. The van der Waals surface area contributed by atoms with Crippen LogP contribution >= 0.6 is 0 Å². The second-order valence-corrected chi connectivity index (χ2v) is 21.4. The van der Waals surface area contributed by atoms with Crippen molar-refractivity contribution in [2.45, 2.75) is 205 Å². The lowest BCUT2D eigenvalue weighted by Gasteiger charge is -2.31. The third-order valence-electron chi connectivity index (χ3n) is 14.0. The lowest BCUT2D eigenvalue weighted by Crippen LogP contribution is -2.62. The predicted octanol–water partition coefficient (Wildman–Crippen LogP) is -1.48. The molecule has 0 bridgehead atoms. The maximum absolute atomic E-state index is 14.2. The van der Waals surface area contributed by atoms with Crippen LogP contribution in [0.2, 0.25) is 0 Å². The van der Waals surface area contributed by atoms with Crippen molar-refractivity contribution in [1.82, 2.24) is 62.7 Å². The number of hydrogen-bond acceptors (Lipinski definition) is 17. The van der Waals surface area contributed by atoms with Gasteiger partial charge in [-0.1, -0.05) is 89.0 Å². The van der Waals surface area contributed by atoms with Gasteiger partial charge in [0.2, 0.25) is 53.2 Å². The van der Waals surface area contributed by atoms with E-state index >= 15 is 0 Å². The van der Waals surface area contributed by atoms with E-state index in [1.165, 1.54) is 96.4 Å². The summed E-state index contributed by atoms with van der Waals surface area (Å²) in [7, 11) is 1.17. The molecule has 0 aliphatic carbocycles. The van der Waals surface area contributed by atoms with Crippen LogP contribution in [0.15, 0.2) is 60.3 Å². The van der Waals surface area contributed by atoms with Crippen molar-refractivity contribution in [1.29, 1.82) is 0 Å². The number of amides is 11.